The molecule has 3 aliphatic heterocycles. The Hall–Kier alpha value is -4.74. The van der Waals surface area contributed by atoms with Crippen LogP contribution in [-0.4, -0.2) is 89.5 Å². The minimum atomic E-state index is -0.981. The summed E-state index contributed by atoms with van der Waals surface area (Å²) >= 11 is 0. The highest BCUT2D eigenvalue weighted by Gasteiger charge is 2.30. The molecule has 2 aromatic rings. The van der Waals surface area contributed by atoms with Gasteiger partial charge in [-0.15, -0.1) is 0 Å². The van der Waals surface area contributed by atoms with Gasteiger partial charge < -0.3 is 31.1 Å². The lowest BCUT2D eigenvalue weighted by Gasteiger charge is -2.27. The van der Waals surface area contributed by atoms with E-state index in [1.807, 2.05) is 49.1 Å². The molecule has 0 radical (unpaired) electrons. The molecule has 1 fully saturated rings. The number of fused-ring (bicyclic) bond motifs is 18. The number of amides is 6. The summed E-state index contributed by atoms with van der Waals surface area (Å²) in [6.07, 6.45) is 5.15. The Kier molecular flexibility index (Phi) is 15.0. The summed E-state index contributed by atoms with van der Waals surface area (Å²) in [5.41, 5.74) is 2.04. The van der Waals surface area contributed by atoms with E-state index in [0.29, 0.717) is 70.3 Å². The van der Waals surface area contributed by atoms with Crippen molar-refractivity contribution in [2.24, 2.45) is 5.92 Å². The highest BCUT2D eigenvalue weighted by Crippen LogP contribution is 2.15. The Morgan fingerprint density at radius 2 is 1.51 bits per heavy atom. The van der Waals surface area contributed by atoms with Crippen molar-refractivity contribution in [2.75, 3.05) is 26.2 Å². The molecule has 6 amide bonds. The molecule has 12 nitrogen and oxygen atoms in total. The third-order valence-corrected chi connectivity index (χ3v) is 9.33. The van der Waals surface area contributed by atoms with E-state index in [2.05, 4.69) is 21.3 Å². The van der Waals surface area contributed by atoms with Crippen LogP contribution in [0.15, 0.2) is 54.6 Å². The first-order valence-electron chi connectivity index (χ1n) is 18.4. The van der Waals surface area contributed by atoms with Crippen LogP contribution in [0.4, 0.5) is 0 Å². The molecular formula is C39H54N6O6. The summed E-state index contributed by atoms with van der Waals surface area (Å²) < 4.78 is 0. The van der Waals surface area contributed by atoms with E-state index in [9.17, 15) is 28.8 Å². The van der Waals surface area contributed by atoms with Gasteiger partial charge in [0.05, 0.1) is 0 Å². The molecule has 0 saturated carbocycles. The fourth-order valence-corrected chi connectivity index (χ4v) is 6.40. The standard InChI is InChI=1S/C39H54N6O6/c1-27(2)24-32-38(50)41-28(3)36(48)40-20-8-10-22-45(35(47)15-11-23-44-21-9-7-14-34(44)46)26-30-16-18-31(19-17-30)37(49)42-33(39(51)43-32)25-29-12-5-4-6-13-29/h4-6,12-13,16-19,27-28,32-33H,7-11,14-15,20-26H2,1-3H3,(H,40,48)(H,41,50)(H,42,49)(H,43,51)/t28-,32+,33-/m1/s1. The van der Waals surface area contributed by atoms with Crippen LogP contribution in [-0.2, 0) is 36.9 Å². The second kappa shape index (κ2) is 19.6. The lowest BCUT2D eigenvalue weighted by molar-refractivity contribution is -0.135. The number of likely N-dealkylation sites (tertiary alicyclic amines) is 1. The fraction of sp³-hybridized carbons (Fsp3) is 0.538. The van der Waals surface area contributed by atoms with Gasteiger partial charge in [0.1, 0.15) is 18.1 Å². The molecule has 3 aliphatic rings. The van der Waals surface area contributed by atoms with Crippen LogP contribution in [0.3, 0.4) is 0 Å². The van der Waals surface area contributed by atoms with Crippen molar-refractivity contribution in [3.63, 3.8) is 0 Å². The van der Waals surface area contributed by atoms with Crippen molar-refractivity contribution in [3.8, 4) is 0 Å². The van der Waals surface area contributed by atoms with Gasteiger partial charge in [0.15, 0.2) is 0 Å². The molecular weight excluding hydrogens is 648 g/mol. The zero-order valence-electron chi connectivity index (χ0n) is 30.2. The molecule has 2 bridgehead atoms. The summed E-state index contributed by atoms with van der Waals surface area (Å²) in [7, 11) is 0. The van der Waals surface area contributed by atoms with Gasteiger partial charge in [-0.1, -0.05) is 56.3 Å². The summed E-state index contributed by atoms with van der Waals surface area (Å²) in [6, 6.07) is 13.5. The zero-order valence-corrected chi connectivity index (χ0v) is 30.2. The first kappa shape index (κ1) is 39.1. The van der Waals surface area contributed by atoms with E-state index in [1.54, 1.807) is 36.1 Å². The number of nitrogens with zero attached hydrogens (tertiary/aromatic N) is 2. The lowest BCUT2D eigenvalue weighted by Crippen LogP contribution is -2.57. The minimum absolute atomic E-state index is 0.0224. The van der Waals surface area contributed by atoms with Gasteiger partial charge in [-0.25, -0.2) is 0 Å². The van der Waals surface area contributed by atoms with Crippen molar-refractivity contribution in [1.29, 1.82) is 0 Å². The van der Waals surface area contributed by atoms with Crippen molar-refractivity contribution in [1.82, 2.24) is 31.1 Å². The van der Waals surface area contributed by atoms with E-state index in [0.717, 1.165) is 30.5 Å². The summed E-state index contributed by atoms with van der Waals surface area (Å²) in [5, 5.41) is 11.3. The zero-order chi connectivity index (χ0) is 36.8. The average molecular weight is 703 g/mol. The number of rotatable bonds is 8. The average Bonchev–Trinajstić information content (AvgIpc) is 3.11. The van der Waals surface area contributed by atoms with Crippen LogP contribution in [0, 0.1) is 5.92 Å². The molecule has 5 rings (SSSR count). The van der Waals surface area contributed by atoms with Crippen LogP contribution < -0.4 is 21.3 Å². The van der Waals surface area contributed by atoms with Crippen molar-refractivity contribution < 1.29 is 28.8 Å². The van der Waals surface area contributed by atoms with Gasteiger partial charge in [0.25, 0.3) is 5.91 Å². The van der Waals surface area contributed by atoms with Gasteiger partial charge in [-0.05, 0) is 74.6 Å². The van der Waals surface area contributed by atoms with Gasteiger partial charge in [-0.2, -0.15) is 0 Å². The van der Waals surface area contributed by atoms with Crippen molar-refractivity contribution in [3.05, 3.63) is 71.3 Å². The maximum Gasteiger partial charge on any atom is 0.251 e. The minimum Gasteiger partial charge on any atom is -0.354 e. The predicted molar refractivity (Wildman–Crippen MR) is 194 cm³/mol. The Bertz CT molecular complexity index is 1500. The van der Waals surface area contributed by atoms with E-state index in [1.165, 1.54) is 0 Å². The number of piperidine rings is 1. The second-order valence-electron chi connectivity index (χ2n) is 14.1. The molecule has 3 heterocycles. The number of carbonyl (C=O) groups excluding carboxylic acids is 6. The maximum atomic E-state index is 13.8. The molecule has 276 valence electrons. The third-order valence-electron chi connectivity index (χ3n) is 9.33. The highest BCUT2D eigenvalue weighted by atomic mass is 16.2. The quantitative estimate of drug-likeness (QED) is 0.310. The highest BCUT2D eigenvalue weighted by molar-refractivity contribution is 5.99. The number of hydrogen-bond acceptors (Lipinski definition) is 6. The lowest BCUT2D eigenvalue weighted by atomic mass is 10.0. The number of benzene rings is 2. The monoisotopic (exact) mass is 702 g/mol. The molecule has 12 heteroatoms. The molecule has 0 aromatic heterocycles. The van der Waals surface area contributed by atoms with Gasteiger partial charge in [-0.3, -0.25) is 28.8 Å². The molecule has 0 aliphatic carbocycles. The van der Waals surface area contributed by atoms with Crippen molar-refractivity contribution in [2.45, 2.75) is 103 Å². The van der Waals surface area contributed by atoms with E-state index in [-0.39, 0.29) is 30.1 Å². The Balaban J connectivity index is 1.53. The Morgan fingerprint density at radius 1 is 0.804 bits per heavy atom. The van der Waals surface area contributed by atoms with Crippen LogP contribution in [0.1, 0.15) is 93.6 Å². The molecule has 51 heavy (non-hydrogen) atoms. The van der Waals surface area contributed by atoms with Crippen LogP contribution in [0.25, 0.3) is 0 Å². The normalized spacial score (nSPS) is 21.7. The largest absolute Gasteiger partial charge is 0.354 e. The van der Waals surface area contributed by atoms with Crippen LogP contribution in [0.5, 0.6) is 0 Å². The summed E-state index contributed by atoms with van der Waals surface area (Å²) in [6.45, 7) is 7.95. The van der Waals surface area contributed by atoms with E-state index >= 15 is 0 Å². The second-order valence-corrected chi connectivity index (χ2v) is 14.1. The molecule has 1 saturated heterocycles. The number of carbonyl (C=O) groups is 6. The number of hydrogen-bond donors (Lipinski definition) is 4. The van der Waals surface area contributed by atoms with Crippen LogP contribution >= 0.6 is 0 Å². The smallest absolute Gasteiger partial charge is 0.251 e. The maximum absolute atomic E-state index is 13.8. The van der Waals surface area contributed by atoms with Gasteiger partial charge >= 0.3 is 0 Å². The molecule has 4 N–H and O–H groups in total. The molecule has 2 aromatic carbocycles. The van der Waals surface area contributed by atoms with Gasteiger partial charge in [0, 0.05) is 57.5 Å². The first-order chi connectivity index (χ1) is 24.5. The Morgan fingerprint density at radius 3 is 2.22 bits per heavy atom. The first-order valence-corrected chi connectivity index (χ1v) is 18.4. The van der Waals surface area contributed by atoms with Crippen molar-refractivity contribution >= 4 is 35.4 Å². The summed E-state index contributed by atoms with van der Waals surface area (Å²) in [5.74, 6) is -1.60. The van der Waals surface area contributed by atoms with Gasteiger partial charge in [0.2, 0.25) is 29.5 Å². The van der Waals surface area contributed by atoms with E-state index < -0.39 is 35.8 Å². The predicted octanol–water partition coefficient (Wildman–Crippen LogP) is 3.09. The molecule has 0 unspecified atom stereocenters. The molecule has 3 atom stereocenters. The summed E-state index contributed by atoms with van der Waals surface area (Å²) in [4.78, 5) is 82.9. The Labute approximate surface area is 301 Å². The van der Waals surface area contributed by atoms with E-state index in [4.69, 9.17) is 0 Å². The fourth-order valence-electron chi connectivity index (χ4n) is 6.40. The number of nitrogens with one attached hydrogen (secondary N) is 4. The SMILES string of the molecule is CC(C)C[C@@H]1NC(=O)[C@@H](Cc2ccccc2)NC(=O)c2ccc(cc2)CN(C(=O)CCCN2CCCCC2=O)CCCCNC(=O)[C@@H](C)NC1=O. The molecule has 0 spiro atoms. The van der Waals surface area contributed by atoms with Crippen LogP contribution in [0.2, 0.25) is 0 Å². The topological polar surface area (TPSA) is 157 Å². The third kappa shape index (κ3) is 12.5.